The lowest BCUT2D eigenvalue weighted by Crippen LogP contribution is -2.27. The zero-order chi connectivity index (χ0) is 16.7. The number of hydrogen-bond donors (Lipinski definition) is 1. The van der Waals surface area contributed by atoms with Crippen molar-refractivity contribution in [3.05, 3.63) is 65.5 Å². The van der Waals surface area contributed by atoms with Crippen LogP contribution in [0.25, 0.3) is 0 Å². The molecule has 2 rings (SSSR count). The number of rotatable bonds is 7. The van der Waals surface area contributed by atoms with Crippen LogP contribution in [0.2, 0.25) is 0 Å². The minimum atomic E-state index is -0.448. The number of halogens is 1. The maximum Gasteiger partial charge on any atom is 0.255 e. The number of nitrogens with one attached hydrogen (secondary N) is 1. The van der Waals surface area contributed by atoms with Crippen LogP contribution in [-0.2, 0) is 4.74 Å². The fraction of sp³-hybridized carbons (Fsp3) is 0.278. The molecule has 23 heavy (non-hydrogen) atoms. The Kier molecular flexibility index (Phi) is 6.11. The van der Waals surface area contributed by atoms with Crippen molar-refractivity contribution in [2.45, 2.75) is 13.0 Å². The lowest BCUT2D eigenvalue weighted by atomic mass is 10.1. The first kappa shape index (κ1) is 17.0. The van der Waals surface area contributed by atoms with Crippen molar-refractivity contribution in [1.29, 1.82) is 0 Å². The zero-order valence-corrected chi connectivity index (χ0v) is 13.2. The molecule has 0 fully saturated rings. The number of amides is 1. The molecule has 0 aromatic heterocycles. The highest BCUT2D eigenvalue weighted by Crippen LogP contribution is 2.21. The Bertz CT molecular complexity index is 660. The number of benzene rings is 2. The average molecular weight is 317 g/mol. The van der Waals surface area contributed by atoms with Gasteiger partial charge in [0, 0.05) is 12.7 Å². The Balaban J connectivity index is 2.10. The summed E-state index contributed by atoms with van der Waals surface area (Å²) in [6.45, 7) is 2.52. The van der Waals surface area contributed by atoms with Crippen LogP contribution in [0, 0.1) is 5.82 Å². The van der Waals surface area contributed by atoms with E-state index in [4.69, 9.17) is 9.47 Å². The van der Waals surface area contributed by atoms with Gasteiger partial charge in [0.1, 0.15) is 18.2 Å². The first-order valence-electron chi connectivity index (χ1n) is 7.39. The quantitative estimate of drug-likeness (QED) is 0.797. The SMILES string of the molecule is COCCOc1ccccc1C(=O)NC(C)c1ccccc1F. The van der Waals surface area contributed by atoms with Gasteiger partial charge in [-0.05, 0) is 25.1 Å². The van der Waals surface area contributed by atoms with Crippen molar-refractivity contribution in [2.75, 3.05) is 20.3 Å². The molecule has 2 aromatic carbocycles. The standard InChI is InChI=1S/C18H20FNO3/c1-13(14-7-3-5-9-16(14)19)20-18(21)15-8-4-6-10-17(15)23-12-11-22-2/h3-10,13H,11-12H2,1-2H3,(H,20,21). The topological polar surface area (TPSA) is 47.6 Å². The number of carbonyl (C=O) groups is 1. The fourth-order valence-corrected chi connectivity index (χ4v) is 2.19. The van der Waals surface area contributed by atoms with Gasteiger partial charge in [0.25, 0.3) is 5.91 Å². The van der Waals surface area contributed by atoms with Gasteiger partial charge in [-0.1, -0.05) is 30.3 Å². The van der Waals surface area contributed by atoms with Crippen molar-refractivity contribution in [3.8, 4) is 5.75 Å². The van der Waals surface area contributed by atoms with Gasteiger partial charge in [0.2, 0.25) is 0 Å². The minimum absolute atomic E-state index is 0.311. The molecular formula is C18H20FNO3. The molecule has 1 N–H and O–H groups in total. The fourth-order valence-electron chi connectivity index (χ4n) is 2.19. The van der Waals surface area contributed by atoms with Crippen molar-refractivity contribution < 1.29 is 18.7 Å². The summed E-state index contributed by atoms with van der Waals surface area (Å²) in [5.74, 6) is -0.179. The van der Waals surface area contributed by atoms with Crippen molar-refractivity contribution in [1.82, 2.24) is 5.32 Å². The molecule has 0 heterocycles. The molecule has 122 valence electrons. The van der Waals surface area contributed by atoms with E-state index in [2.05, 4.69) is 5.32 Å². The summed E-state index contributed by atoms with van der Waals surface area (Å²) in [6.07, 6.45) is 0. The zero-order valence-electron chi connectivity index (χ0n) is 13.2. The van der Waals surface area contributed by atoms with Crippen molar-refractivity contribution in [3.63, 3.8) is 0 Å². The van der Waals surface area contributed by atoms with E-state index < -0.39 is 6.04 Å². The molecule has 0 aliphatic rings. The highest BCUT2D eigenvalue weighted by molar-refractivity contribution is 5.97. The van der Waals surface area contributed by atoms with Crippen molar-refractivity contribution in [2.24, 2.45) is 0 Å². The predicted octanol–water partition coefficient (Wildman–Crippen LogP) is 3.34. The molecule has 1 atom stereocenters. The van der Waals surface area contributed by atoms with E-state index in [0.29, 0.717) is 30.1 Å². The maximum absolute atomic E-state index is 13.8. The Morgan fingerprint density at radius 3 is 2.57 bits per heavy atom. The van der Waals surface area contributed by atoms with Gasteiger partial charge in [-0.25, -0.2) is 4.39 Å². The molecule has 4 nitrogen and oxygen atoms in total. The second kappa shape index (κ2) is 8.29. The molecule has 0 spiro atoms. The van der Waals surface area contributed by atoms with Gasteiger partial charge in [-0.15, -0.1) is 0 Å². The van der Waals surface area contributed by atoms with Crippen LogP contribution < -0.4 is 10.1 Å². The second-order valence-electron chi connectivity index (χ2n) is 5.05. The van der Waals surface area contributed by atoms with E-state index in [1.165, 1.54) is 6.07 Å². The van der Waals surface area contributed by atoms with Crippen LogP contribution >= 0.6 is 0 Å². The van der Waals surface area contributed by atoms with E-state index in [0.717, 1.165) is 0 Å². The number of ether oxygens (including phenoxy) is 2. The molecule has 5 heteroatoms. The number of hydrogen-bond acceptors (Lipinski definition) is 3. The van der Waals surface area contributed by atoms with E-state index in [1.54, 1.807) is 56.5 Å². The number of methoxy groups -OCH3 is 1. The smallest absolute Gasteiger partial charge is 0.255 e. The van der Waals surface area contributed by atoms with E-state index in [1.807, 2.05) is 0 Å². The second-order valence-corrected chi connectivity index (χ2v) is 5.05. The summed E-state index contributed by atoms with van der Waals surface area (Å²) in [5.41, 5.74) is 0.852. The molecule has 0 bridgehead atoms. The van der Waals surface area contributed by atoms with Crippen LogP contribution in [0.3, 0.4) is 0 Å². The van der Waals surface area contributed by atoms with E-state index >= 15 is 0 Å². The summed E-state index contributed by atoms with van der Waals surface area (Å²) < 4.78 is 24.3. The molecule has 0 radical (unpaired) electrons. The Labute approximate surface area is 135 Å². The van der Waals surface area contributed by atoms with Gasteiger partial charge < -0.3 is 14.8 Å². The largest absolute Gasteiger partial charge is 0.490 e. The lowest BCUT2D eigenvalue weighted by molar-refractivity contribution is 0.0931. The van der Waals surface area contributed by atoms with Gasteiger partial charge in [0.15, 0.2) is 0 Å². The highest BCUT2D eigenvalue weighted by Gasteiger charge is 2.17. The van der Waals surface area contributed by atoms with Gasteiger partial charge in [-0.2, -0.15) is 0 Å². The van der Waals surface area contributed by atoms with Gasteiger partial charge in [0.05, 0.1) is 18.2 Å². The van der Waals surface area contributed by atoms with E-state index in [9.17, 15) is 9.18 Å². The molecule has 0 aliphatic heterocycles. The predicted molar refractivity (Wildman–Crippen MR) is 86.1 cm³/mol. The highest BCUT2D eigenvalue weighted by atomic mass is 19.1. The molecule has 1 unspecified atom stereocenters. The molecule has 0 aliphatic carbocycles. The first-order valence-corrected chi connectivity index (χ1v) is 7.39. The van der Waals surface area contributed by atoms with Gasteiger partial charge >= 0.3 is 0 Å². The first-order chi connectivity index (χ1) is 11.1. The lowest BCUT2D eigenvalue weighted by Gasteiger charge is -2.17. The van der Waals surface area contributed by atoms with Crippen LogP contribution in [0.5, 0.6) is 5.75 Å². The normalized spacial score (nSPS) is 11.8. The molecular weight excluding hydrogens is 297 g/mol. The Morgan fingerprint density at radius 1 is 1.13 bits per heavy atom. The van der Waals surface area contributed by atoms with Crippen LogP contribution in [-0.4, -0.2) is 26.2 Å². The van der Waals surface area contributed by atoms with Crippen LogP contribution in [0.15, 0.2) is 48.5 Å². The minimum Gasteiger partial charge on any atom is -0.490 e. The van der Waals surface area contributed by atoms with Crippen LogP contribution in [0.1, 0.15) is 28.9 Å². The van der Waals surface area contributed by atoms with Gasteiger partial charge in [-0.3, -0.25) is 4.79 Å². The number of para-hydroxylation sites is 1. The maximum atomic E-state index is 13.8. The number of carbonyl (C=O) groups excluding carboxylic acids is 1. The summed E-state index contributed by atoms with van der Waals surface area (Å²) in [7, 11) is 1.58. The summed E-state index contributed by atoms with van der Waals surface area (Å²) in [6, 6.07) is 12.9. The van der Waals surface area contributed by atoms with Crippen LogP contribution in [0.4, 0.5) is 4.39 Å². The van der Waals surface area contributed by atoms with Crippen molar-refractivity contribution >= 4 is 5.91 Å². The Morgan fingerprint density at radius 2 is 1.83 bits per heavy atom. The third kappa shape index (κ3) is 4.53. The van der Waals surface area contributed by atoms with E-state index in [-0.39, 0.29) is 11.7 Å². The third-order valence-corrected chi connectivity index (χ3v) is 3.40. The summed E-state index contributed by atoms with van der Waals surface area (Å²) >= 11 is 0. The molecule has 1 amide bonds. The monoisotopic (exact) mass is 317 g/mol. The summed E-state index contributed by atoms with van der Waals surface area (Å²) in [5, 5.41) is 2.79. The average Bonchev–Trinajstić information content (AvgIpc) is 2.55. The summed E-state index contributed by atoms with van der Waals surface area (Å²) in [4.78, 5) is 12.4. The molecule has 0 saturated heterocycles. The molecule has 0 saturated carbocycles. The molecule has 2 aromatic rings. The Hall–Kier alpha value is -2.40. The third-order valence-electron chi connectivity index (χ3n) is 3.40.